The van der Waals surface area contributed by atoms with Gasteiger partial charge in [-0.05, 0) is 17.7 Å². The first-order valence-corrected chi connectivity index (χ1v) is 5.86. The van der Waals surface area contributed by atoms with Crippen LogP contribution in [-0.4, -0.2) is 8.42 Å². The zero-order chi connectivity index (χ0) is 10.8. The fraction of sp³-hybridized carbons (Fsp3) is 0.125. The van der Waals surface area contributed by atoms with E-state index in [4.69, 9.17) is 15.9 Å². The Morgan fingerprint density at radius 3 is 2.64 bits per heavy atom. The van der Waals surface area contributed by atoms with Gasteiger partial charge in [0.1, 0.15) is 10.7 Å². The van der Waals surface area contributed by atoms with Gasteiger partial charge in [0.05, 0.1) is 12.5 Å². The highest BCUT2D eigenvalue weighted by Crippen LogP contribution is 2.20. The molecule has 0 unspecified atom stereocenters. The number of rotatable bonds is 2. The van der Waals surface area contributed by atoms with Crippen molar-refractivity contribution in [3.63, 3.8) is 0 Å². The summed E-state index contributed by atoms with van der Waals surface area (Å²) in [6.07, 6.45) is 0.0136. The van der Waals surface area contributed by atoms with E-state index in [2.05, 4.69) is 0 Å². The predicted molar refractivity (Wildman–Crippen MR) is 48.8 cm³/mol. The van der Waals surface area contributed by atoms with Crippen molar-refractivity contribution in [1.29, 1.82) is 5.26 Å². The lowest BCUT2D eigenvalue weighted by Gasteiger charge is -2.00. The third kappa shape index (κ3) is 2.44. The Kier molecular flexibility index (Phi) is 3.09. The number of benzene rings is 1. The van der Waals surface area contributed by atoms with Gasteiger partial charge in [0.15, 0.2) is 0 Å². The minimum atomic E-state index is -4.09. The molecule has 0 heterocycles. The normalized spacial score (nSPS) is 10.9. The van der Waals surface area contributed by atoms with Crippen LogP contribution in [-0.2, 0) is 15.5 Å². The third-order valence-corrected chi connectivity index (χ3v) is 2.88. The summed E-state index contributed by atoms with van der Waals surface area (Å²) in [5, 5.41) is 8.36. The molecule has 74 valence electrons. The molecule has 0 saturated carbocycles. The molecule has 0 saturated heterocycles. The van der Waals surface area contributed by atoms with Crippen LogP contribution in [0.3, 0.4) is 0 Å². The molecular formula is C8H5ClFNO2S. The van der Waals surface area contributed by atoms with Gasteiger partial charge in [0, 0.05) is 10.7 Å². The molecule has 6 heteroatoms. The van der Waals surface area contributed by atoms with Gasteiger partial charge in [-0.15, -0.1) is 0 Å². The van der Waals surface area contributed by atoms with Crippen molar-refractivity contribution in [2.45, 2.75) is 11.3 Å². The number of hydrogen-bond donors (Lipinski definition) is 0. The van der Waals surface area contributed by atoms with Crippen molar-refractivity contribution < 1.29 is 12.8 Å². The summed E-state index contributed by atoms with van der Waals surface area (Å²) in [6.45, 7) is 0. The fourth-order valence-corrected chi connectivity index (χ4v) is 1.88. The summed E-state index contributed by atoms with van der Waals surface area (Å²) in [5.74, 6) is -0.915. The Bertz CT molecular complexity index is 493. The molecule has 0 bridgehead atoms. The van der Waals surface area contributed by atoms with Crippen molar-refractivity contribution in [1.82, 2.24) is 0 Å². The smallest absolute Gasteiger partial charge is 0.207 e. The highest BCUT2D eigenvalue weighted by Gasteiger charge is 2.16. The van der Waals surface area contributed by atoms with Crippen LogP contribution in [0.25, 0.3) is 0 Å². The average Bonchev–Trinajstić information content (AvgIpc) is 2.07. The Morgan fingerprint density at radius 1 is 1.50 bits per heavy atom. The van der Waals surface area contributed by atoms with E-state index in [1.54, 1.807) is 0 Å². The molecule has 0 amide bonds. The van der Waals surface area contributed by atoms with Crippen LogP contribution >= 0.6 is 10.7 Å². The van der Waals surface area contributed by atoms with Gasteiger partial charge in [-0.1, -0.05) is 6.07 Å². The maximum atomic E-state index is 13.0. The van der Waals surface area contributed by atoms with Crippen LogP contribution in [0.2, 0.25) is 0 Å². The van der Waals surface area contributed by atoms with Gasteiger partial charge in [0.25, 0.3) is 9.05 Å². The van der Waals surface area contributed by atoms with Gasteiger partial charge in [-0.25, -0.2) is 12.8 Å². The summed E-state index contributed by atoms with van der Waals surface area (Å²) in [6, 6.07) is 5.19. The second-order valence-corrected chi connectivity index (χ2v) is 5.07. The molecule has 14 heavy (non-hydrogen) atoms. The second kappa shape index (κ2) is 3.95. The lowest BCUT2D eigenvalue weighted by molar-refractivity contribution is 0.575. The Hall–Kier alpha value is -1.12. The molecule has 0 radical (unpaired) electrons. The van der Waals surface area contributed by atoms with Crippen molar-refractivity contribution in [2.24, 2.45) is 0 Å². The van der Waals surface area contributed by atoms with E-state index in [0.29, 0.717) is 5.56 Å². The third-order valence-electron chi connectivity index (χ3n) is 1.54. The first-order chi connectivity index (χ1) is 6.45. The molecule has 0 fully saturated rings. The lowest BCUT2D eigenvalue weighted by atomic mass is 10.2. The van der Waals surface area contributed by atoms with E-state index in [1.165, 1.54) is 6.07 Å². The molecule has 3 nitrogen and oxygen atoms in total. The van der Waals surface area contributed by atoms with Crippen LogP contribution in [0.1, 0.15) is 5.56 Å². The Labute approximate surface area is 85.2 Å². The molecule has 0 aromatic heterocycles. The zero-order valence-electron chi connectivity index (χ0n) is 6.87. The first kappa shape index (κ1) is 11.0. The molecule has 1 rings (SSSR count). The van der Waals surface area contributed by atoms with Crippen LogP contribution in [0.4, 0.5) is 4.39 Å². The van der Waals surface area contributed by atoms with Gasteiger partial charge in [0.2, 0.25) is 0 Å². The molecule has 0 N–H and O–H groups in total. The van der Waals surface area contributed by atoms with E-state index in [1.807, 2.05) is 6.07 Å². The number of nitrogens with zero attached hydrogens (tertiary/aromatic N) is 1. The van der Waals surface area contributed by atoms with Crippen molar-refractivity contribution >= 4 is 19.7 Å². The minimum Gasteiger partial charge on any atom is -0.207 e. The van der Waals surface area contributed by atoms with Crippen LogP contribution in [0.15, 0.2) is 23.1 Å². The van der Waals surface area contributed by atoms with Crippen LogP contribution in [0.5, 0.6) is 0 Å². The minimum absolute atomic E-state index is 0.0136. The van der Waals surface area contributed by atoms with E-state index < -0.39 is 19.8 Å². The molecule has 0 aliphatic carbocycles. The maximum absolute atomic E-state index is 13.0. The second-order valence-electron chi connectivity index (χ2n) is 2.54. The van der Waals surface area contributed by atoms with Gasteiger partial charge in [-0.2, -0.15) is 5.26 Å². The van der Waals surface area contributed by atoms with E-state index >= 15 is 0 Å². The summed E-state index contributed by atoms with van der Waals surface area (Å²) in [5.41, 5.74) is 0.410. The molecule has 0 aliphatic rings. The van der Waals surface area contributed by atoms with Gasteiger partial charge >= 0.3 is 0 Å². The molecule has 1 aromatic carbocycles. The quantitative estimate of drug-likeness (QED) is 0.732. The van der Waals surface area contributed by atoms with Crippen LogP contribution < -0.4 is 0 Å². The van der Waals surface area contributed by atoms with Gasteiger partial charge < -0.3 is 0 Å². The predicted octanol–water partition coefficient (Wildman–Crippen LogP) is 1.82. The molecule has 0 atom stereocenters. The van der Waals surface area contributed by atoms with E-state index in [0.717, 1.165) is 12.1 Å². The van der Waals surface area contributed by atoms with Crippen molar-refractivity contribution in [3.8, 4) is 6.07 Å². The largest absolute Gasteiger partial charge is 0.264 e. The Balaban J connectivity index is 3.31. The lowest BCUT2D eigenvalue weighted by Crippen LogP contribution is -1.97. The number of nitriles is 1. The molecule has 0 aliphatic heterocycles. The SMILES string of the molecule is N#CCc1ccc(F)c(S(=O)(=O)Cl)c1. The Morgan fingerprint density at radius 2 is 2.14 bits per heavy atom. The molecule has 1 aromatic rings. The summed E-state index contributed by atoms with van der Waals surface area (Å²) in [7, 11) is 0.899. The summed E-state index contributed by atoms with van der Waals surface area (Å²) in [4.78, 5) is -0.591. The topological polar surface area (TPSA) is 57.9 Å². The highest BCUT2D eigenvalue weighted by molar-refractivity contribution is 8.13. The fourth-order valence-electron chi connectivity index (χ4n) is 0.936. The standard InChI is InChI=1S/C8H5ClFNO2S/c9-14(12,13)8-5-6(3-4-11)1-2-7(8)10/h1-2,5H,3H2. The van der Waals surface area contributed by atoms with Crippen molar-refractivity contribution in [3.05, 3.63) is 29.6 Å². The summed E-state index contributed by atoms with van der Waals surface area (Å²) >= 11 is 0. The number of halogens is 2. The average molecular weight is 234 g/mol. The maximum Gasteiger partial charge on any atom is 0.264 e. The van der Waals surface area contributed by atoms with Crippen LogP contribution in [0, 0.1) is 17.1 Å². The van der Waals surface area contributed by atoms with E-state index in [-0.39, 0.29) is 6.42 Å². The molecular weight excluding hydrogens is 229 g/mol. The summed E-state index contributed by atoms with van der Waals surface area (Å²) < 4.78 is 34.7. The van der Waals surface area contributed by atoms with E-state index in [9.17, 15) is 12.8 Å². The first-order valence-electron chi connectivity index (χ1n) is 3.55. The zero-order valence-corrected chi connectivity index (χ0v) is 8.44. The highest BCUT2D eigenvalue weighted by atomic mass is 35.7. The monoisotopic (exact) mass is 233 g/mol. The number of hydrogen-bond acceptors (Lipinski definition) is 3. The van der Waals surface area contributed by atoms with Crippen molar-refractivity contribution in [2.75, 3.05) is 0 Å². The van der Waals surface area contributed by atoms with Gasteiger partial charge in [-0.3, -0.25) is 0 Å². The molecule has 0 spiro atoms.